The molecule has 0 unspecified atom stereocenters. The van der Waals surface area contributed by atoms with Gasteiger partial charge in [0.15, 0.2) is 5.96 Å². The smallest absolute Gasteiger partial charge is 0.251 e. The highest BCUT2D eigenvalue weighted by atomic mass is 127. The molecule has 0 saturated heterocycles. The highest BCUT2D eigenvalue weighted by Gasteiger charge is 2.06. The van der Waals surface area contributed by atoms with E-state index in [9.17, 15) is 4.79 Å². The number of carbonyl (C=O) groups excluding carboxylic acids is 1. The van der Waals surface area contributed by atoms with Gasteiger partial charge in [-0.2, -0.15) is 0 Å². The fraction of sp³-hybridized carbons (Fsp3) is 0.375. The fourth-order valence-corrected chi connectivity index (χ4v) is 3.58. The molecule has 0 aliphatic rings. The second kappa shape index (κ2) is 13.0. The standard InChI is InChI=1S/C24H32N6O.HI/c1-4-26-24(28-15-13-19-9-7-10-20(17-19)23(31)25-3)27-14-8-16-30-18(2)29-21-11-5-6-12-22(21)30;/h5-7,9-12,17H,4,8,13-16H2,1-3H3,(H,25,31)(H2,26,27,28);1H. The molecule has 1 heterocycles. The number of amides is 1. The van der Waals surface area contributed by atoms with E-state index in [0.717, 1.165) is 61.9 Å². The van der Waals surface area contributed by atoms with Crippen LogP contribution in [0.3, 0.4) is 0 Å². The molecule has 0 spiro atoms. The number of rotatable bonds is 9. The predicted octanol–water partition coefficient (Wildman–Crippen LogP) is 3.51. The summed E-state index contributed by atoms with van der Waals surface area (Å²) in [4.78, 5) is 21.1. The Kier molecular flexibility index (Phi) is 10.5. The largest absolute Gasteiger partial charge is 0.357 e. The number of hydrogen-bond donors (Lipinski definition) is 3. The van der Waals surface area contributed by atoms with Gasteiger partial charge in [0, 0.05) is 38.8 Å². The summed E-state index contributed by atoms with van der Waals surface area (Å²) in [6, 6.07) is 16.0. The molecule has 0 saturated carbocycles. The highest BCUT2D eigenvalue weighted by Crippen LogP contribution is 2.15. The average molecular weight is 548 g/mol. The van der Waals surface area contributed by atoms with E-state index in [4.69, 9.17) is 4.99 Å². The van der Waals surface area contributed by atoms with Crippen LogP contribution in [0.1, 0.15) is 35.1 Å². The van der Waals surface area contributed by atoms with Crippen molar-refractivity contribution >= 4 is 46.9 Å². The van der Waals surface area contributed by atoms with Crippen LogP contribution in [0.5, 0.6) is 0 Å². The van der Waals surface area contributed by atoms with Crippen LogP contribution in [0.25, 0.3) is 11.0 Å². The molecule has 3 aromatic rings. The molecule has 1 aromatic heterocycles. The first-order chi connectivity index (χ1) is 15.1. The minimum atomic E-state index is -0.0642. The Hall–Kier alpha value is -2.62. The maximum Gasteiger partial charge on any atom is 0.251 e. The van der Waals surface area contributed by atoms with Crippen molar-refractivity contribution in [2.24, 2.45) is 4.99 Å². The molecule has 0 fully saturated rings. The Morgan fingerprint density at radius 2 is 1.94 bits per heavy atom. The van der Waals surface area contributed by atoms with Crippen LogP contribution in [0, 0.1) is 6.92 Å². The first-order valence-electron chi connectivity index (χ1n) is 10.9. The van der Waals surface area contributed by atoms with Gasteiger partial charge >= 0.3 is 0 Å². The highest BCUT2D eigenvalue weighted by molar-refractivity contribution is 14.0. The lowest BCUT2D eigenvalue weighted by atomic mass is 10.1. The number of fused-ring (bicyclic) bond motifs is 1. The van der Waals surface area contributed by atoms with Crippen molar-refractivity contribution in [2.45, 2.75) is 33.2 Å². The summed E-state index contributed by atoms with van der Waals surface area (Å²) in [5.74, 6) is 1.79. The number of halogens is 1. The molecule has 8 heteroatoms. The molecule has 32 heavy (non-hydrogen) atoms. The molecule has 0 aliphatic carbocycles. The lowest BCUT2D eigenvalue weighted by molar-refractivity contribution is 0.0963. The normalized spacial score (nSPS) is 11.2. The summed E-state index contributed by atoms with van der Waals surface area (Å²) in [5, 5.41) is 9.35. The number of para-hydroxylation sites is 2. The van der Waals surface area contributed by atoms with E-state index < -0.39 is 0 Å². The third kappa shape index (κ3) is 6.94. The van der Waals surface area contributed by atoms with Gasteiger partial charge in [0.2, 0.25) is 0 Å². The first kappa shape index (κ1) is 25.6. The van der Waals surface area contributed by atoms with Crippen LogP contribution >= 0.6 is 24.0 Å². The van der Waals surface area contributed by atoms with Crippen LogP contribution in [0.15, 0.2) is 53.5 Å². The van der Waals surface area contributed by atoms with Gasteiger partial charge in [-0.25, -0.2) is 4.98 Å². The molecule has 7 nitrogen and oxygen atoms in total. The van der Waals surface area contributed by atoms with Crippen molar-refractivity contribution in [2.75, 3.05) is 26.7 Å². The van der Waals surface area contributed by atoms with Gasteiger partial charge in [0.25, 0.3) is 5.91 Å². The number of imidazole rings is 1. The third-order valence-electron chi connectivity index (χ3n) is 5.12. The molecule has 0 radical (unpaired) electrons. The lowest BCUT2D eigenvalue weighted by Crippen LogP contribution is -2.38. The number of hydrogen-bond acceptors (Lipinski definition) is 3. The predicted molar refractivity (Wildman–Crippen MR) is 142 cm³/mol. The zero-order valence-corrected chi connectivity index (χ0v) is 21.3. The maximum atomic E-state index is 11.8. The molecule has 0 atom stereocenters. The molecule has 1 amide bonds. The van der Waals surface area contributed by atoms with Gasteiger partial charge in [-0.05, 0) is 56.5 Å². The molecule has 0 aliphatic heterocycles. The van der Waals surface area contributed by atoms with Crippen molar-refractivity contribution in [3.05, 3.63) is 65.5 Å². The number of aliphatic imine (C=N–C) groups is 1. The molecule has 0 bridgehead atoms. The average Bonchev–Trinajstić information content (AvgIpc) is 3.11. The Morgan fingerprint density at radius 1 is 1.12 bits per heavy atom. The van der Waals surface area contributed by atoms with Gasteiger partial charge in [-0.15, -0.1) is 24.0 Å². The lowest BCUT2D eigenvalue weighted by Gasteiger charge is -2.12. The minimum absolute atomic E-state index is 0. The van der Waals surface area contributed by atoms with E-state index >= 15 is 0 Å². The topological polar surface area (TPSA) is 83.3 Å². The number of aromatic nitrogens is 2. The number of guanidine groups is 1. The Morgan fingerprint density at radius 3 is 2.72 bits per heavy atom. The van der Waals surface area contributed by atoms with E-state index in [1.54, 1.807) is 7.05 Å². The molecular formula is C24H33IN6O. The summed E-state index contributed by atoms with van der Waals surface area (Å²) in [6.45, 7) is 7.28. The maximum absolute atomic E-state index is 11.8. The first-order valence-corrected chi connectivity index (χ1v) is 10.9. The molecule has 2 aromatic carbocycles. The van der Waals surface area contributed by atoms with Gasteiger partial charge in [0.05, 0.1) is 11.0 Å². The van der Waals surface area contributed by atoms with Crippen molar-refractivity contribution in [3.8, 4) is 0 Å². The van der Waals surface area contributed by atoms with Gasteiger partial charge < -0.3 is 20.5 Å². The van der Waals surface area contributed by atoms with Crippen LogP contribution in [0.4, 0.5) is 0 Å². The van der Waals surface area contributed by atoms with Gasteiger partial charge in [0.1, 0.15) is 5.82 Å². The minimum Gasteiger partial charge on any atom is -0.357 e. The summed E-state index contributed by atoms with van der Waals surface area (Å²) in [7, 11) is 1.65. The Bertz CT molecular complexity index is 1050. The van der Waals surface area contributed by atoms with E-state index in [1.165, 1.54) is 5.52 Å². The fourth-order valence-electron chi connectivity index (χ4n) is 3.58. The zero-order chi connectivity index (χ0) is 22.1. The third-order valence-corrected chi connectivity index (χ3v) is 5.12. The van der Waals surface area contributed by atoms with Gasteiger partial charge in [-0.3, -0.25) is 9.79 Å². The summed E-state index contributed by atoms with van der Waals surface area (Å²) >= 11 is 0. The van der Waals surface area contributed by atoms with Crippen LogP contribution in [-0.2, 0) is 13.0 Å². The van der Waals surface area contributed by atoms with E-state index in [2.05, 4.69) is 50.6 Å². The second-order valence-corrected chi connectivity index (χ2v) is 7.37. The molecular weight excluding hydrogens is 515 g/mol. The molecule has 3 N–H and O–H groups in total. The number of aryl methyl sites for hydroxylation is 2. The van der Waals surface area contributed by atoms with E-state index in [1.807, 2.05) is 37.3 Å². The van der Waals surface area contributed by atoms with Crippen molar-refractivity contribution in [1.29, 1.82) is 0 Å². The Balaban J connectivity index is 0.00000363. The van der Waals surface area contributed by atoms with Crippen molar-refractivity contribution in [3.63, 3.8) is 0 Å². The van der Waals surface area contributed by atoms with Crippen LogP contribution < -0.4 is 16.0 Å². The second-order valence-electron chi connectivity index (χ2n) is 7.37. The van der Waals surface area contributed by atoms with Crippen LogP contribution in [0.2, 0.25) is 0 Å². The molecule has 3 rings (SSSR count). The SMILES string of the molecule is CCNC(=NCCCn1c(C)nc2ccccc21)NCCc1cccc(C(=O)NC)c1.I. The zero-order valence-electron chi connectivity index (χ0n) is 19.0. The molecule has 172 valence electrons. The summed E-state index contributed by atoms with van der Waals surface area (Å²) < 4.78 is 2.25. The summed E-state index contributed by atoms with van der Waals surface area (Å²) in [5.41, 5.74) is 4.02. The van der Waals surface area contributed by atoms with E-state index in [0.29, 0.717) is 5.56 Å². The van der Waals surface area contributed by atoms with E-state index in [-0.39, 0.29) is 29.9 Å². The van der Waals surface area contributed by atoms with Crippen molar-refractivity contribution < 1.29 is 4.79 Å². The number of carbonyl (C=O) groups is 1. The number of nitrogens with one attached hydrogen (secondary N) is 3. The quantitative estimate of drug-likeness (QED) is 0.166. The summed E-state index contributed by atoms with van der Waals surface area (Å²) in [6.07, 6.45) is 1.75. The van der Waals surface area contributed by atoms with Crippen molar-refractivity contribution in [1.82, 2.24) is 25.5 Å². The van der Waals surface area contributed by atoms with Gasteiger partial charge in [-0.1, -0.05) is 24.3 Å². The van der Waals surface area contributed by atoms with Crippen LogP contribution in [-0.4, -0.2) is 48.1 Å². The Labute approximate surface area is 207 Å². The monoisotopic (exact) mass is 548 g/mol. The number of nitrogens with zero attached hydrogens (tertiary/aromatic N) is 3. The number of benzene rings is 2.